The average Bonchev–Trinajstić information content (AvgIpc) is 3.02. The molecule has 0 aliphatic carbocycles. The van der Waals surface area contributed by atoms with Crippen LogP contribution >= 0.6 is 23.4 Å². The Morgan fingerprint density at radius 1 is 1.27 bits per heavy atom. The molecular weight excluding hydrogens is 378 g/mol. The number of nitrogens with one attached hydrogen (secondary N) is 1. The van der Waals surface area contributed by atoms with E-state index >= 15 is 0 Å². The van der Waals surface area contributed by atoms with Crippen molar-refractivity contribution in [3.05, 3.63) is 29.7 Å². The number of thioether (sulfide) groups is 1. The van der Waals surface area contributed by atoms with Gasteiger partial charge >= 0.3 is 0 Å². The van der Waals surface area contributed by atoms with E-state index in [1.54, 1.807) is 30.1 Å². The number of carbonyl (C=O) groups excluding carboxylic acids is 1. The minimum absolute atomic E-state index is 0.162. The molecule has 1 N–H and O–H groups in total. The van der Waals surface area contributed by atoms with Crippen LogP contribution in [0, 0.1) is 0 Å². The summed E-state index contributed by atoms with van der Waals surface area (Å²) in [5.41, 5.74) is 1.19. The van der Waals surface area contributed by atoms with Gasteiger partial charge in [-0.05, 0) is 0 Å². The topological polar surface area (TPSA) is 91.2 Å². The van der Waals surface area contributed by atoms with E-state index in [0.717, 1.165) is 5.39 Å². The van der Waals surface area contributed by atoms with Gasteiger partial charge < -0.3 is 14.8 Å². The van der Waals surface area contributed by atoms with Crippen LogP contribution in [0.5, 0.6) is 11.5 Å². The first-order chi connectivity index (χ1) is 12.5. The monoisotopic (exact) mass is 393 g/mol. The number of hydrogen-bond acceptors (Lipinski definition) is 7. The Bertz CT molecular complexity index is 962. The van der Waals surface area contributed by atoms with Gasteiger partial charge in [0.05, 0.1) is 42.3 Å². The molecule has 8 nitrogen and oxygen atoms in total. The van der Waals surface area contributed by atoms with Crippen molar-refractivity contribution in [2.75, 3.05) is 25.3 Å². The maximum Gasteiger partial charge on any atom is 0.234 e. The number of carbonyl (C=O) groups is 1. The third-order valence-corrected chi connectivity index (χ3v) is 4.88. The van der Waals surface area contributed by atoms with Crippen LogP contribution in [0.1, 0.15) is 0 Å². The van der Waals surface area contributed by atoms with Gasteiger partial charge in [-0.25, -0.2) is 9.97 Å². The summed E-state index contributed by atoms with van der Waals surface area (Å²) in [6.45, 7) is 0. The SMILES string of the molecule is COc1cc(NC(=O)CSc2ncnc3c2cnn3C)c(OC)cc1Cl. The summed E-state index contributed by atoms with van der Waals surface area (Å²) in [6.07, 6.45) is 3.14. The summed E-state index contributed by atoms with van der Waals surface area (Å²) < 4.78 is 12.1. The van der Waals surface area contributed by atoms with Gasteiger partial charge in [0, 0.05) is 19.2 Å². The molecule has 0 spiro atoms. The Hall–Kier alpha value is -2.52. The van der Waals surface area contributed by atoms with E-state index in [2.05, 4.69) is 20.4 Å². The van der Waals surface area contributed by atoms with E-state index in [9.17, 15) is 4.79 Å². The Balaban J connectivity index is 1.73. The van der Waals surface area contributed by atoms with Crippen LogP contribution in [0.2, 0.25) is 5.02 Å². The summed E-state index contributed by atoms with van der Waals surface area (Å²) in [6, 6.07) is 3.21. The van der Waals surface area contributed by atoms with Gasteiger partial charge in [0.25, 0.3) is 0 Å². The maximum atomic E-state index is 12.4. The van der Waals surface area contributed by atoms with Crippen LogP contribution in [-0.4, -0.2) is 45.6 Å². The highest BCUT2D eigenvalue weighted by molar-refractivity contribution is 8.00. The standard InChI is InChI=1S/C16H16ClN5O3S/c1-22-15-9(6-20-22)16(19-8-18-15)26-7-14(23)21-11-5-12(24-2)10(17)4-13(11)25-3/h4-6,8H,7H2,1-3H3,(H,21,23). The van der Waals surface area contributed by atoms with Gasteiger partial charge in [0.15, 0.2) is 5.65 Å². The van der Waals surface area contributed by atoms with Gasteiger partial charge in [-0.2, -0.15) is 5.10 Å². The Morgan fingerprint density at radius 3 is 2.77 bits per heavy atom. The third kappa shape index (κ3) is 3.68. The first kappa shape index (κ1) is 18.3. The van der Waals surface area contributed by atoms with Crippen LogP contribution in [0.3, 0.4) is 0 Å². The summed E-state index contributed by atoms with van der Waals surface area (Å²) in [5.74, 6) is 0.845. The number of fused-ring (bicyclic) bond motifs is 1. The quantitative estimate of drug-likeness (QED) is 0.508. The zero-order chi connectivity index (χ0) is 18.7. The molecule has 2 aromatic heterocycles. The molecule has 0 saturated carbocycles. The molecule has 0 unspecified atom stereocenters. The van der Waals surface area contributed by atoms with Crippen molar-refractivity contribution in [3.63, 3.8) is 0 Å². The molecule has 1 aromatic carbocycles. The summed E-state index contributed by atoms with van der Waals surface area (Å²) in [7, 11) is 4.81. The van der Waals surface area contributed by atoms with Gasteiger partial charge in [-0.1, -0.05) is 23.4 Å². The van der Waals surface area contributed by atoms with Crippen molar-refractivity contribution >= 4 is 46.0 Å². The van der Waals surface area contributed by atoms with Crippen LogP contribution in [0.15, 0.2) is 29.7 Å². The highest BCUT2D eigenvalue weighted by Crippen LogP contribution is 2.36. The van der Waals surface area contributed by atoms with Crippen molar-refractivity contribution < 1.29 is 14.3 Å². The van der Waals surface area contributed by atoms with Crippen molar-refractivity contribution in [2.24, 2.45) is 7.05 Å². The first-order valence-corrected chi connectivity index (χ1v) is 8.86. The van der Waals surface area contributed by atoms with Gasteiger partial charge in [0.2, 0.25) is 5.91 Å². The predicted molar refractivity (Wildman–Crippen MR) is 100 cm³/mol. The number of aryl methyl sites for hydroxylation is 1. The van der Waals surface area contributed by atoms with Crippen LogP contribution in [-0.2, 0) is 11.8 Å². The second-order valence-electron chi connectivity index (χ2n) is 5.21. The number of amides is 1. The molecule has 136 valence electrons. The molecule has 3 aromatic rings. The second-order valence-corrected chi connectivity index (χ2v) is 6.58. The third-order valence-electron chi connectivity index (χ3n) is 3.58. The number of rotatable bonds is 6. The molecule has 26 heavy (non-hydrogen) atoms. The molecule has 0 bridgehead atoms. The molecule has 0 atom stereocenters. The van der Waals surface area contributed by atoms with Gasteiger partial charge in [-0.15, -0.1) is 0 Å². The number of nitrogens with zero attached hydrogens (tertiary/aromatic N) is 4. The molecule has 3 rings (SSSR count). The number of hydrogen-bond donors (Lipinski definition) is 1. The van der Waals surface area contributed by atoms with Crippen molar-refractivity contribution in [3.8, 4) is 11.5 Å². The molecule has 10 heteroatoms. The molecule has 0 aliphatic rings. The van der Waals surface area contributed by atoms with E-state index in [-0.39, 0.29) is 11.7 Å². The van der Waals surface area contributed by atoms with Crippen LogP contribution in [0.25, 0.3) is 11.0 Å². The predicted octanol–water partition coefficient (Wildman–Crippen LogP) is 2.76. The number of aromatic nitrogens is 4. The normalized spacial score (nSPS) is 10.8. The molecule has 0 saturated heterocycles. The minimum atomic E-state index is -0.215. The summed E-state index contributed by atoms with van der Waals surface area (Å²) >= 11 is 7.37. The Labute approximate surface area is 158 Å². The second kappa shape index (κ2) is 7.79. The Morgan fingerprint density at radius 2 is 2.04 bits per heavy atom. The van der Waals surface area contributed by atoms with E-state index in [0.29, 0.717) is 32.9 Å². The summed E-state index contributed by atoms with van der Waals surface area (Å²) in [4.78, 5) is 20.8. The van der Waals surface area contributed by atoms with E-state index in [1.807, 2.05) is 0 Å². The largest absolute Gasteiger partial charge is 0.495 e. The van der Waals surface area contributed by atoms with Gasteiger partial charge in [0.1, 0.15) is 22.9 Å². The van der Waals surface area contributed by atoms with Gasteiger partial charge in [-0.3, -0.25) is 9.48 Å². The number of anilines is 1. The lowest BCUT2D eigenvalue weighted by Gasteiger charge is -2.13. The highest BCUT2D eigenvalue weighted by Gasteiger charge is 2.14. The molecule has 0 radical (unpaired) electrons. The zero-order valence-electron chi connectivity index (χ0n) is 14.3. The number of halogens is 1. The maximum absolute atomic E-state index is 12.4. The minimum Gasteiger partial charge on any atom is -0.495 e. The lowest BCUT2D eigenvalue weighted by Crippen LogP contribution is -2.15. The lowest BCUT2D eigenvalue weighted by molar-refractivity contribution is -0.113. The smallest absolute Gasteiger partial charge is 0.234 e. The number of ether oxygens (including phenoxy) is 2. The molecule has 0 aliphatic heterocycles. The van der Waals surface area contributed by atoms with Crippen molar-refractivity contribution in [2.45, 2.75) is 5.03 Å². The lowest BCUT2D eigenvalue weighted by atomic mass is 10.2. The van der Waals surface area contributed by atoms with Crippen molar-refractivity contribution in [1.29, 1.82) is 0 Å². The molecule has 1 amide bonds. The van der Waals surface area contributed by atoms with E-state index in [1.165, 1.54) is 32.3 Å². The average molecular weight is 394 g/mol. The number of methoxy groups -OCH3 is 2. The van der Waals surface area contributed by atoms with E-state index < -0.39 is 0 Å². The Kier molecular flexibility index (Phi) is 5.48. The highest BCUT2D eigenvalue weighted by atomic mass is 35.5. The summed E-state index contributed by atoms with van der Waals surface area (Å²) in [5, 5.41) is 8.86. The zero-order valence-corrected chi connectivity index (χ0v) is 15.9. The fourth-order valence-electron chi connectivity index (χ4n) is 2.33. The number of benzene rings is 1. The molecule has 0 fully saturated rings. The first-order valence-electron chi connectivity index (χ1n) is 7.50. The van der Waals surface area contributed by atoms with Crippen molar-refractivity contribution in [1.82, 2.24) is 19.7 Å². The molecule has 2 heterocycles. The van der Waals surface area contributed by atoms with Crippen LogP contribution in [0.4, 0.5) is 5.69 Å². The van der Waals surface area contributed by atoms with Crippen LogP contribution < -0.4 is 14.8 Å². The fourth-order valence-corrected chi connectivity index (χ4v) is 3.33. The van der Waals surface area contributed by atoms with E-state index in [4.69, 9.17) is 21.1 Å². The fraction of sp³-hybridized carbons (Fsp3) is 0.250. The molecular formula is C16H16ClN5O3S.